The Morgan fingerprint density at radius 1 is 1.29 bits per heavy atom. The van der Waals surface area contributed by atoms with Gasteiger partial charge in [-0.15, -0.1) is 0 Å². The van der Waals surface area contributed by atoms with E-state index in [9.17, 15) is 18.3 Å². The lowest BCUT2D eigenvalue weighted by atomic mass is 10.1. The Bertz CT molecular complexity index is 794. The smallest absolute Gasteiger partial charge is 0.330 e. The van der Waals surface area contributed by atoms with Gasteiger partial charge in [-0.25, -0.2) is 13.2 Å². The van der Waals surface area contributed by atoms with E-state index in [1.165, 1.54) is 24.3 Å². The molecule has 1 N–H and O–H groups in total. The number of esters is 1. The van der Waals surface area contributed by atoms with E-state index in [0.29, 0.717) is 6.42 Å². The van der Waals surface area contributed by atoms with Gasteiger partial charge in [0, 0.05) is 12.5 Å². The van der Waals surface area contributed by atoms with Gasteiger partial charge in [0.05, 0.1) is 22.9 Å². The number of aryl methyl sites for hydroxylation is 1. The molecule has 1 aliphatic rings. The molecule has 0 bridgehead atoms. The molecule has 0 spiro atoms. The second kappa shape index (κ2) is 9.17. The molecule has 0 saturated carbocycles. The number of rotatable bonds is 8. The largest absolute Gasteiger partial charge is 0.461 e. The number of hydrogen-bond acceptors (Lipinski definition) is 7. The number of carbonyl (C=O) groups excluding carboxylic acids is 1. The third kappa shape index (κ3) is 6.70. The first-order chi connectivity index (χ1) is 13.0. The first kappa shape index (κ1) is 22.5. The quantitative estimate of drug-likeness (QED) is 0.516. The summed E-state index contributed by atoms with van der Waals surface area (Å²) in [6, 6.07) is 6.51. The summed E-state index contributed by atoms with van der Waals surface area (Å²) in [5.41, 5.74) is 0.964. The molecule has 1 saturated heterocycles. The third-order valence-corrected chi connectivity index (χ3v) is 5.89. The van der Waals surface area contributed by atoms with E-state index in [1.807, 2.05) is 6.92 Å². The van der Waals surface area contributed by atoms with Gasteiger partial charge >= 0.3 is 5.97 Å². The van der Waals surface area contributed by atoms with Crippen LogP contribution < -0.4 is 0 Å². The van der Waals surface area contributed by atoms with Crippen LogP contribution in [0.3, 0.4) is 0 Å². The van der Waals surface area contributed by atoms with Crippen molar-refractivity contribution < 1.29 is 32.5 Å². The molecule has 0 aromatic heterocycles. The number of sulfone groups is 1. The highest BCUT2D eigenvalue weighted by molar-refractivity contribution is 7.91. The molecule has 1 fully saturated rings. The van der Waals surface area contributed by atoms with Crippen molar-refractivity contribution in [1.29, 1.82) is 0 Å². The topological polar surface area (TPSA) is 99.1 Å². The van der Waals surface area contributed by atoms with Gasteiger partial charge in [0.1, 0.15) is 12.7 Å². The molecule has 0 radical (unpaired) electrons. The van der Waals surface area contributed by atoms with Gasteiger partial charge in [-0.1, -0.05) is 17.7 Å². The van der Waals surface area contributed by atoms with E-state index in [2.05, 4.69) is 0 Å². The van der Waals surface area contributed by atoms with Crippen molar-refractivity contribution in [3.8, 4) is 0 Å². The SMILES string of the molecule is Cc1ccc(S(=O)(=O)CCOC(=O)/C=C/[C@H]2OC(C)(C)O[C@@H]2C[C@@H](C)O)cc1. The molecule has 1 aromatic carbocycles. The number of aliphatic hydroxyl groups excluding tert-OH is 1. The predicted octanol–water partition coefficient (Wildman–Crippen LogP) is 2.16. The van der Waals surface area contributed by atoms with Gasteiger partial charge in [0.25, 0.3) is 0 Å². The van der Waals surface area contributed by atoms with Crippen LogP contribution in [0.25, 0.3) is 0 Å². The lowest BCUT2D eigenvalue weighted by Crippen LogP contribution is -2.25. The fraction of sp³-hybridized carbons (Fsp3) is 0.550. The zero-order chi connectivity index (χ0) is 20.9. The fourth-order valence-corrected chi connectivity index (χ4v) is 3.97. The Labute approximate surface area is 166 Å². The van der Waals surface area contributed by atoms with E-state index in [0.717, 1.165) is 5.56 Å². The molecule has 7 nitrogen and oxygen atoms in total. The van der Waals surface area contributed by atoms with Gasteiger partial charge in [0.15, 0.2) is 15.6 Å². The molecule has 1 aliphatic heterocycles. The Kier molecular flexibility index (Phi) is 7.39. The molecule has 1 aromatic rings. The summed E-state index contributed by atoms with van der Waals surface area (Å²) in [7, 11) is -3.51. The number of ether oxygens (including phenoxy) is 3. The number of benzene rings is 1. The molecule has 156 valence electrons. The highest BCUT2D eigenvalue weighted by atomic mass is 32.2. The van der Waals surface area contributed by atoms with E-state index in [1.54, 1.807) is 32.9 Å². The second-order valence-electron chi connectivity index (χ2n) is 7.38. The van der Waals surface area contributed by atoms with Crippen molar-refractivity contribution in [2.24, 2.45) is 0 Å². The Morgan fingerprint density at radius 2 is 1.93 bits per heavy atom. The van der Waals surface area contributed by atoms with E-state index < -0.39 is 33.8 Å². The normalized spacial score (nSPS) is 23.0. The Morgan fingerprint density at radius 3 is 2.54 bits per heavy atom. The molecule has 2 rings (SSSR count). The van der Waals surface area contributed by atoms with Crippen LogP contribution in [-0.4, -0.2) is 56.0 Å². The molecule has 0 aliphatic carbocycles. The van der Waals surface area contributed by atoms with Crippen LogP contribution in [0.15, 0.2) is 41.3 Å². The minimum atomic E-state index is -3.51. The third-order valence-electron chi connectivity index (χ3n) is 4.19. The van der Waals surface area contributed by atoms with Gasteiger partial charge in [-0.3, -0.25) is 0 Å². The lowest BCUT2D eigenvalue weighted by Gasteiger charge is -2.17. The number of carbonyl (C=O) groups is 1. The maximum atomic E-state index is 12.2. The van der Waals surface area contributed by atoms with Crippen LogP contribution in [-0.2, 0) is 28.8 Å². The average molecular weight is 413 g/mol. The lowest BCUT2D eigenvalue weighted by molar-refractivity contribution is -0.145. The average Bonchev–Trinajstić information content (AvgIpc) is 2.86. The molecule has 3 atom stereocenters. The van der Waals surface area contributed by atoms with Crippen LogP contribution in [0.4, 0.5) is 0 Å². The number of aliphatic hydroxyl groups is 1. The highest BCUT2D eigenvalue weighted by Crippen LogP contribution is 2.31. The van der Waals surface area contributed by atoms with Gasteiger partial charge in [-0.2, -0.15) is 0 Å². The van der Waals surface area contributed by atoms with Crippen LogP contribution in [0.2, 0.25) is 0 Å². The molecule has 0 amide bonds. The number of hydrogen-bond donors (Lipinski definition) is 1. The van der Waals surface area contributed by atoms with Gasteiger partial charge in [-0.05, 0) is 45.9 Å². The van der Waals surface area contributed by atoms with Crippen molar-refractivity contribution in [3.63, 3.8) is 0 Å². The predicted molar refractivity (Wildman–Crippen MR) is 103 cm³/mol. The first-order valence-electron chi connectivity index (χ1n) is 9.16. The molecule has 8 heteroatoms. The molecule has 1 heterocycles. The summed E-state index contributed by atoms with van der Waals surface area (Å²) in [6.45, 7) is 6.78. The zero-order valence-electron chi connectivity index (χ0n) is 16.6. The van der Waals surface area contributed by atoms with Crippen LogP contribution in [0, 0.1) is 6.92 Å². The van der Waals surface area contributed by atoms with Crippen molar-refractivity contribution in [1.82, 2.24) is 0 Å². The van der Waals surface area contributed by atoms with Crippen LogP contribution >= 0.6 is 0 Å². The summed E-state index contributed by atoms with van der Waals surface area (Å²) in [4.78, 5) is 12.1. The van der Waals surface area contributed by atoms with Crippen LogP contribution in [0.1, 0.15) is 32.8 Å². The highest BCUT2D eigenvalue weighted by Gasteiger charge is 2.40. The summed E-state index contributed by atoms with van der Waals surface area (Å²) in [5, 5.41) is 9.57. The van der Waals surface area contributed by atoms with E-state index >= 15 is 0 Å². The minimum absolute atomic E-state index is 0.199. The molecule has 28 heavy (non-hydrogen) atoms. The van der Waals surface area contributed by atoms with Crippen LogP contribution in [0.5, 0.6) is 0 Å². The monoisotopic (exact) mass is 412 g/mol. The summed E-state index contributed by atoms with van der Waals surface area (Å²) >= 11 is 0. The van der Waals surface area contributed by atoms with Crippen molar-refractivity contribution >= 4 is 15.8 Å². The van der Waals surface area contributed by atoms with Crippen molar-refractivity contribution in [3.05, 3.63) is 42.0 Å². The van der Waals surface area contributed by atoms with Crippen molar-refractivity contribution in [2.45, 2.75) is 63.1 Å². The van der Waals surface area contributed by atoms with E-state index in [-0.39, 0.29) is 23.4 Å². The summed E-state index contributed by atoms with van der Waals surface area (Å²) < 4.78 is 40.9. The van der Waals surface area contributed by atoms with Crippen molar-refractivity contribution in [2.75, 3.05) is 12.4 Å². The minimum Gasteiger partial charge on any atom is -0.461 e. The zero-order valence-corrected chi connectivity index (χ0v) is 17.4. The first-order valence-corrected chi connectivity index (χ1v) is 10.8. The summed E-state index contributed by atoms with van der Waals surface area (Å²) in [5.74, 6) is -1.78. The molecular weight excluding hydrogens is 384 g/mol. The Hall–Kier alpha value is -1.74. The fourth-order valence-electron chi connectivity index (χ4n) is 2.88. The second-order valence-corrected chi connectivity index (χ2v) is 9.49. The van der Waals surface area contributed by atoms with Gasteiger partial charge < -0.3 is 19.3 Å². The maximum Gasteiger partial charge on any atom is 0.330 e. The van der Waals surface area contributed by atoms with E-state index in [4.69, 9.17) is 14.2 Å². The standard InChI is InChI=1S/C20H28O7S/c1-14-5-7-16(8-6-14)28(23,24)12-11-25-19(22)10-9-17-18(13-15(2)21)27-20(3,4)26-17/h5-10,15,17-18,21H,11-13H2,1-4H3/b10-9+/t15-,17-,18-/m1/s1. The molecule has 0 unspecified atom stereocenters. The maximum absolute atomic E-state index is 12.2. The molecular formula is C20H28O7S. The summed E-state index contributed by atoms with van der Waals surface area (Å²) in [6.07, 6.45) is 1.61. The Balaban J connectivity index is 1.86. The van der Waals surface area contributed by atoms with Gasteiger partial charge in [0.2, 0.25) is 0 Å².